The standard InChI is InChI=1S/C11H20N4O2S/c1-4-15(3)8-7-14-18(16,17)10-5-6-11(12-2)13-9-10/h5-6,9,14H,4,7-8H2,1-3H3,(H,12,13). The van der Waals surface area contributed by atoms with Gasteiger partial charge in [-0.05, 0) is 25.7 Å². The van der Waals surface area contributed by atoms with Crippen molar-refractivity contribution in [3.8, 4) is 0 Å². The molecule has 7 heteroatoms. The van der Waals surface area contributed by atoms with E-state index in [1.165, 1.54) is 12.3 Å². The number of nitrogens with one attached hydrogen (secondary N) is 2. The largest absolute Gasteiger partial charge is 0.373 e. The Hall–Kier alpha value is -1.18. The molecule has 1 rings (SSSR count). The lowest BCUT2D eigenvalue weighted by Crippen LogP contribution is -2.32. The lowest BCUT2D eigenvalue weighted by Gasteiger charge is -2.14. The molecule has 0 saturated carbocycles. The third-order valence-electron chi connectivity index (χ3n) is 2.63. The van der Waals surface area contributed by atoms with Crippen molar-refractivity contribution in [3.05, 3.63) is 18.3 Å². The minimum atomic E-state index is -3.46. The van der Waals surface area contributed by atoms with E-state index in [2.05, 4.69) is 15.0 Å². The first-order valence-electron chi connectivity index (χ1n) is 5.81. The molecule has 0 spiro atoms. The Morgan fingerprint density at radius 3 is 2.61 bits per heavy atom. The van der Waals surface area contributed by atoms with Crippen LogP contribution < -0.4 is 10.0 Å². The van der Waals surface area contributed by atoms with Crippen LogP contribution in [0.2, 0.25) is 0 Å². The molecule has 1 aromatic heterocycles. The minimum absolute atomic E-state index is 0.181. The summed E-state index contributed by atoms with van der Waals surface area (Å²) in [5, 5.41) is 2.84. The Labute approximate surface area is 108 Å². The van der Waals surface area contributed by atoms with Gasteiger partial charge in [0.15, 0.2) is 0 Å². The number of anilines is 1. The highest BCUT2D eigenvalue weighted by Gasteiger charge is 2.13. The van der Waals surface area contributed by atoms with E-state index < -0.39 is 10.0 Å². The van der Waals surface area contributed by atoms with Gasteiger partial charge in [-0.15, -0.1) is 0 Å². The summed E-state index contributed by atoms with van der Waals surface area (Å²) in [6.45, 7) is 3.98. The summed E-state index contributed by atoms with van der Waals surface area (Å²) in [7, 11) is 0.217. The normalized spacial score (nSPS) is 11.8. The molecule has 0 saturated heterocycles. The number of rotatable bonds is 7. The number of pyridine rings is 1. The molecule has 0 bridgehead atoms. The predicted octanol–water partition coefficient (Wildman–Crippen LogP) is 0.353. The van der Waals surface area contributed by atoms with Crippen molar-refractivity contribution in [2.45, 2.75) is 11.8 Å². The Bertz CT molecular complexity index is 458. The van der Waals surface area contributed by atoms with Crippen LogP contribution in [0.3, 0.4) is 0 Å². The quantitative estimate of drug-likeness (QED) is 0.749. The molecule has 0 aliphatic carbocycles. The number of likely N-dealkylation sites (N-methyl/N-ethyl adjacent to an activating group) is 1. The second kappa shape index (κ2) is 6.67. The highest BCUT2D eigenvalue weighted by molar-refractivity contribution is 7.89. The highest BCUT2D eigenvalue weighted by atomic mass is 32.2. The summed E-state index contributed by atoms with van der Waals surface area (Å²) in [6, 6.07) is 3.16. The number of sulfonamides is 1. The Morgan fingerprint density at radius 2 is 2.11 bits per heavy atom. The maximum Gasteiger partial charge on any atom is 0.242 e. The third kappa shape index (κ3) is 4.25. The summed E-state index contributed by atoms with van der Waals surface area (Å²) in [6.07, 6.45) is 1.34. The minimum Gasteiger partial charge on any atom is -0.373 e. The molecule has 102 valence electrons. The van der Waals surface area contributed by atoms with Crippen molar-refractivity contribution in [2.24, 2.45) is 0 Å². The van der Waals surface area contributed by atoms with Crippen molar-refractivity contribution in [2.75, 3.05) is 39.0 Å². The summed E-state index contributed by atoms with van der Waals surface area (Å²) in [4.78, 5) is 6.20. The van der Waals surface area contributed by atoms with Gasteiger partial charge < -0.3 is 10.2 Å². The Morgan fingerprint density at radius 1 is 1.39 bits per heavy atom. The van der Waals surface area contributed by atoms with Crippen LogP contribution in [0.5, 0.6) is 0 Å². The first kappa shape index (κ1) is 14.9. The number of hydrogen-bond acceptors (Lipinski definition) is 5. The number of aromatic nitrogens is 1. The van der Waals surface area contributed by atoms with Crippen molar-refractivity contribution >= 4 is 15.8 Å². The van der Waals surface area contributed by atoms with Crippen LogP contribution in [0.25, 0.3) is 0 Å². The molecule has 0 radical (unpaired) electrons. The fourth-order valence-corrected chi connectivity index (χ4v) is 2.26. The summed E-state index contributed by atoms with van der Waals surface area (Å²) in [5.41, 5.74) is 0. The van der Waals surface area contributed by atoms with Crippen LogP contribution in [-0.4, -0.2) is 52.0 Å². The molecule has 2 N–H and O–H groups in total. The van der Waals surface area contributed by atoms with E-state index in [1.807, 2.05) is 18.9 Å². The molecule has 0 amide bonds. The zero-order chi connectivity index (χ0) is 13.6. The fraction of sp³-hybridized carbons (Fsp3) is 0.545. The zero-order valence-corrected chi connectivity index (χ0v) is 11.8. The van der Waals surface area contributed by atoms with Crippen LogP contribution in [-0.2, 0) is 10.0 Å². The van der Waals surface area contributed by atoms with E-state index in [4.69, 9.17) is 0 Å². The van der Waals surface area contributed by atoms with Crippen molar-refractivity contribution in [3.63, 3.8) is 0 Å². The molecular formula is C11H20N4O2S. The van der Waals surface area contributed by atoms with E-state index in [9.17, 15) is 8.42 Å². The Balaban J connectivity index is 2.62. The molecule has 0 aromatic carbocycles. The molecule has 0 fully saturated rings. The van der Waals surface area contributed by atoms with Crippen molar-refractivity contribution in [1.82, 2.24) is 14.6 Å². The second-order valence-electron chi connectivity index (χ2n) is 3.92. The summed E-state index contributed by atoms with van der Waals surface area (Å²) in [5.74, 6) is 0.639. The van der Waals surface area contributed by atoms with Crippen LogP contribution in [0.4, 0.5) is 5.82 Å². The van der Waals surface area contributed by atoms with Crippen molar-refractivity contribution < 1.29 is 8.42 Å². The predicted molar refractivity (Wildman–Crippen MR) is 72.1 cm³/mol. The highest BCUT2D eigenvalue weighted by Crippen LogP contribution is 2.09. The Kier molecular flexibility index (Phi) is 5.52. The van der Waals surface area contributed by atoms with Crippen LogP contribution in [0, 0.1) is 0 Å². The van der Waals surface area contributed by atoms with Crippen LogP contribution in [0.15, 0.2) is 23.2 Å². The third-order valence-corrected chi connectivity index (χ3v) is 4.07. The number of hydrogen-bond donors (Lipinski definition) is 2. The smallest absolute Gasteiger partial charge is 0.242 e. The van der Waals surface area contributed by atoms with E-state index >= 15 is 0 Å². The lowest BCUT2D eigenvalue weighted by molar-refractivity contribution is 0.358. The van der Waals surface area contributed by atoms with E-state index in [0.29, 0.717) is 18.9 Å². The molecule has 0 atom stereocenters. The van der Waals surface area contributed by atoms with E-state index in [0.717, 1.165) is 6.54 Å². The van der Waals surface area contributed by atoms with Gasteiger partial charge in [0.05, 0.1) is 0 Å². The fourth-order valence-electron chi connectivity index (χ4n) is 1.30. The van der Waals surface area contributed by atoms with Gasteiger partial charge in [-0.1, -0.05) is 6.92 Å². The average molecular weight is 272 g/mol. The maximum absolute atomic E-state index is 11.9. The van der Waals surface area contributed by atoms with Gasteiger partial charge in [0.2, 0.25) is 10.0 Å². The zero-order valence-electron chi connectivity index (χ0n) is 11.0. The van der Waals surface area contributed by atoms with Crippen molar-refractivity contribution in [1.29, 1.82) is 0 Å². The monoisotopic (exact) mass is 272 g/mol. The van der Waals surface area contributed by atoms with Gasteiger partial charge in [-0.2, -0.15) is 0 Å². The van der Waals surface area contributed by atoms with Gasteiger partial charge in [0.1, 0.15) is 10.7 Å². The van der Waals surface area contributed by atoms with Gasteiger partial charge in [0, 0.05) is 26.3 Å². The molecule has 0 unspecified atom stereocenters. The maximum atomic E-state index is 11.9. The molecule has 1 heterocycles. The van der Waals surface area contributed by atoms with Gasteiger partial charge in [-0.3, -0.25) is 0 Å². The van der Waals surface area contributed by atoms with Gasteiger partial charge >= 0.3 is 0 Å². The van der Waals surface area contributed by atoms with Gasteiger partial charge in [0.25, 0.3) is 0 Å². The first-order valence-corrected chi connectivity index (χ1v) is 7.30. The molecule has 0 aliphatic heterocycles. The molecular weight excluding hydrogens is 252 g/mol. The summed E-state index contributed by atoms with van der Waals surface area (Å²) >= 11 is 0. The van der Waals surface area contributed by atoms with E-state index in [-0.39, 0.29) is 4.90 Å². The molecule has 1 aromatic rings. The molecule has 6 nitrogen and oxygen atoms in total. The number of nitrogens with zero attached hydrogens (tertiary/aromatic N) is 2. The van der Waals surface area contributed by atoms with Crippen LogP contribution >= 0.6 is 0 Å². The van der Waals surface area contributed by atoms with Gasteiger partial charge in [-0.25, -0.2) is 18.1 Å². The molecule has 0 aliphatic rings. The molecule has 18 heavy (non-hydrogen) atoms. The van der Waals surface area contributed by atoms with E-state index in [1.54, 1.807) is 13.1 Å². The second-order valence-corrected chi connectivity index (χ2v) is 5.69. The van der Waals surface area contributed by atoms with Crippen LogP contribution in [0.1, 0.15) is 6.92 Å². The SMILES string of the molecule is CCN(C)CCNS(=O)(=O)c1ccc(NC)nc1. The first-order chi connectivity index (χ1) is 8.49. The summed E-state index contributed by atoms with van der Waals surface area (Å²) < 4.78 is 26.4. The topological polar surface area (TPSA) is 74.3 Å². The average Bonchev–Trinajstić information content (AvgIpc) is 2.38. The lowest BCUT2D eigenvalue weighted by atomic mass is 10.5.